The lowest BCUT2D eigenvalue weighted by molar-refractivity contribution is -0.385. The Morgan fingerprint density at radius 2 is 1.79 bits per heavy atom. The first-order valence-electron chi connectivity index (χ1n) is 10.7. The monoisotopic (exact) mass is 495 g/mol. The van der Waals surface area contributed by atoms with E-state index in [2.05, 4.69) is 5.32 Å². The number of hydroxylamine groups is 1. The summed E-state index contributed by atoms with van der Waals surface area (Å²) in [6.45, 7) is 3.00. The molecule has 0 aliphatic carbocycles. The van der Waals surface area contributed by atoms with Crippen molar-refractivity contribution in [2.45, 2.75) is 56.3 Å². The highest BCUT2D eigenvalue weighted by Gasteiger charge is 2.34. The molecule has 34 heavy (non-hydrogen) atoms. The molecule has 2 aromatic rings. The second-order valence-electron chi connectivity index (χ2n) is 7.60. The molecule has 0 spiro atoms. The number of amides is 1. The maximum atomic E-state index is 13.3. The summed E-state index contributed by atoms with van der Waals surface area (Å²) in [4.78, 5) is 27.0. The zero-order chi connectivity index (χ0) is 25.3. The Balaban J connectivity index is 2.38. The van der Waals surface area contributed by atoms with Crippen molar-refractivity contribution in [2.24, 2.45) is 0 Å². The number of non-ortho nitro benzene ring substituents is 1. The van der Waals surface area contributed by atoms with Crippen LogP contribution >= 0.6 is 0 Å². The maximum Gasteiger partial charge on any atom is 0.404 e. The zero-order valence-corrected chi connectivity index (χ0v) is 19.7. The highest BCUT2D eigenvalue weighted by molar-refractivity contribution is 7.89. The molecule has 0 heterocycles. The molecular formula is C22H29N3O8S. The molecule has 2 aromatic carbocycles. The van der Waals surface area contributed by atoms with Crippen molar-refractivity contribution < 1.29 is 33.2 Å². The summed E-state index contributed by atoms with van der Waals surface area (Å²) in [5.41, 5.74) is 0.313. The van der Waals surface area contributed by atoms with E-state index in [9.17, 15) is 33.5 Å². The molecule has 0 aliphatic heterocycles. The van der Waals surface area contributed by atoms with Crippen LogP contribution in [0.1, 0.15) is 32.3 Å². The maximum absolute atomic E-state index is 13.3. The van der Waals surface area contributed by atoms with Gasteiger partial charge in [0.05, 0.1) is 34.6 Å². The first kappa shape index (κ1) is 27.2. The molecular weight excluding hydrogens is 466 g/mol. The Hall–Kier alpha value is -3.06. The molecule has 0 fully saturated rings. The second kappa shape index (κ2) is 12.4. The predicted molar refractivity (Wildman–Crippen MR) is 124 cm³/mol. The van der Waals surface area contributed by atoms with E-state index in [0.717, 1.165) is 17.7 Å². The van der Waals surface area contributed by atoms with Crippen LogP contribution in [-0.4, -0.2) is 58.9 Å². The van der Waals surface area contributed by atoms with Gasteiger partial charge in [-0.25, -0.2) is 13.2 Å². The van der Waals surface area contributed by atoms with Crippen molar-refractivity contribution in [1.82, 2.24) is 9.79 Å². The van der Waals surface area contributed by atoms with Gasteiger partial charge in [-0.2, -0.15) is 0 Å². The fraction of sp³-hybridized carbons (Fsp3) is 0.409. The van der Waals surface area contributed by atoms with Crippen molar-refractivity contribution in [3.05, 3.63) is 70.3 Å². The van der Waals surface area contributed by atoms with E-state index in [1.807, 2.05) is 0 Å². The lowest BCUT2D eigenvalue weighted by Gasteiger charge is -2.30. The van der Waals surface area contributed by atoms with Crippen LogP contribution in [-0.2, 0) is 21.3 Å². The van der Waals surface area contributed by atoms with Gasteiger partial charge >= 0.3 is 6.09 Å². The number of hydrogen-bond acceptors (Lipinski definition) is 7. The predicted octanol–water partition coefficient (Wildman–Crippen LogP) is 2.95. The lowest BCUT2D eigenvalue weighted by Crippen LogP contribution is -2.50. The molecule has 0 aromatic heterocycles. The number of carbonyl (C=O) groups is 1. The van der Waals surface area contributed by atoms with Gasteiger partial charge in [0.2, 0.25) is 0 Å². The summed E-state index contributed by atoms with van der Waals surface area (Å²) in [5.74, 6) is 0. The van der Waals surface area contributed by atoms with Crippen LogP contribution in [0.5, 0.6) is 0 Å². The third kappa shape index (κ3) is 7.48. The number of rotatable bonds is 13. The first-order valence-corrected chi connectivity index (χ1v) is 12.2. The molecule has 0 radical (unpaired) electrons. The molecule has 0 saturated heterocycles. The zero-order valence-electron chi connectivity index (χ0n) is 18.9. The van der Waals surface area contributed by atoms with Gasteiger partial charge in [0.15, 0.2) is 0 Å². The molecule has 0 saturated carbocycles. The van der Waals surface area contributed by atoms with E-state index in [1.165, 1.54) is 12.1 Å². The van der Waals surface area contributed by atoms with Crippen LogP contribution in [0.15, 0.2) is 59.5 Å². The van der Waals surface area contributed by atoms with Crippen LogP contribution in [0, 0.1) is 10.1 Å². The Morgan fingerprint density at radius 3 is 2.35 bits per heavy atom. The number of benzene rings is 2. The van der Waals surface area contributed by atoms with Gasteiger partial charge in [-0.3, -0.25) is 15.0 Å². The number of carboxylic acid groups (broad SMARTS) is 1. The Bertz CT molecular complexity index is 1060. The van der Waals surface area contributed by atoms with E-state index >= 15 is 0 Å². The fourth-order valence-electron chi connectivity index (χ4n) is 3.27. The number of sulfonamides is 1. The number of nitrogens with zero attached hydrogens (tertiary/aromatic N) is 2. The molecule has 3 N–H and O–H groups in total. The summed E-state index contributed by atoms with van der Waals surface area (Å²) in [6.07, 6.45) is -2.35. The minimum atomic E-state index is -4.43. The summed E-state index contributed by atoms with van der Waals surface area (Å²) < 4.78 is 27.3. The fourth-order valence-corrected chi connectivity index (χ4v) is 4.61. The van der Waals surface area contributed by atoms with Gasteiger partial charge in [-0.1, -0.05) is 54.7 Å². The van der Waals surface area contributed by atoms with Gasteiger partial charge in [0.25, 0.3) is 15.7 Å². The lowest BCUT2D eigenvalue weighted by atomic mass is 10.0. The van der Waals surface area contributed by atoms with E-state index in [0.29, 0.717) is 17.3 Å². The van der Waals surface area contributed by atoms with Crippen LogP contribution in [0.4, 0.5) is 10.5 Å². The van der Waals surface area contributed by atoms with Gasteiger partial charge in [-0.05, 0) is 30.9 Å². The number of aliphatic hydroxyl groups is 1. The van der Waals surface area contributed by atoms with Crippen molar-refractivity contribution >= 4 is 21.8 Å². The van der Waals surface area contributed by atoms with E-state index in [1.54, 1.807) is 44.2 Å². The van der Waals surface area contributed by atoms with Gasteiger partial charge < -0.3 is 15.5 Å². The normalized spacial score (nSPS) is 13.6. The summed E-state index contributed by atoms with van der Waals surface area (Å²) in [5, 5.41) is 33.5. The van der Waals surface area contributed by atoms with Gasteiger partial charge in [-0.15, -0.1) is 0 Å². The molecule has 186 valence electrons. The van der Waals surface area contributed by atoms with E-state index in [-0.39, 0.29) is 11.3 Å². The number of hydrogen-bond donors (Lipinski definition) is 3. The van der Waals surface area contributed by atoms with E-state index < -0.39 is 51.5 Å². The number of nitrogens with one attached hydrogen (secondary N) is 1. The second-order valence-corrected chi connectivity index (χ2v) is 9.43. The Morgan fingerprint density at radius 1 is 1.15 bits per heavy atom. The average molecular weight is 496 g/mol. The van der Waals surface area contributed by atoms with Crippen LogP contribution < -0.4 is 5.32 Å². The molecule has 2 rings (SSSR count). The number of nitro groups is 1. The van der Waals surface area contributed by atoms with Gasteiger partial charge in [0, 0.05) is 12.1 Å². The molecule has 0 unspecified atom stereocenters. The minimum absolute atomic E-state index is 0.101. The first-order chi connectivity index (χ1) is 16.1. The van der Waals surface area contributed by atoms with Crippen molar-refractivity contribution in [3.8, 4) is 0 Å². The molecule has 0 aliphatic rings. The van der Waals surface area contributed by atoms with Crippen molar-refractivity contribution in [2.75, 3.05) is 6.54 Å². The topological polar surface area (TPSA) is 159 Å². The smallest absolute Gasteiger partial charge is 0.404 e. The van der Waals surface area contributed by atoms with Crippen molar-refractivity contribution in [3.63, 3.8) is 0 Å². The molecule has 2 atom stereocenters. The summed E-state index contributed by atoms with van der Waals surface area (Å²) >= 11 is 0. The molecule has 12 heteroatoms. The largest absolute Gasteiger partial charge is 0.465 e. The van der Waals surface area contributed by atoms with Crippen molar-refractivity contribution in [1.29, 1.82) is 0 Å². The summed E-state index contributed by atoms with van der Waals surface area (Å²) in [7, 11) is -4.43. The van der Waals surface area contributed by atoms with E-state index in [4.69, 9.17) is 4.84 Å². The minimum Gasteiger partial charge on any atom is -0.465 e. The van der Waals surface area contributed by atoms with Crippen LogP contribution in [0.3, 0.4) is 0 Å². The Kier molecular flexibility index (Phi) is 9.93. The number of nitro benzene ring substituents is 1. The highest BCUT2D eigenvalue weighted by Crippen LogP contribution is 2.24. The third-order valence-electron chi connectivity index (χ3n) is 5.18. The van der Waals surface area contributed by atoms with Crippen LogP contribution in [0.25, 0.3) is 0 Å². The van der Waals surface area contributed by atoms with Crippen LogP contribution in [0.2, 0.25) is 0 Å². The SMILES string of the molecule is CCC(CC)ON(C[C@H](O)[C@H](Cc1ccccc1)NC(=O)O)S(=O)(=O)c1cccc([N+](=O)[O-])c1. The summed E-state index contributed by atoms with van der Waals surface area (Å²) in [6, 6.07) is 12.3. The Labute approximate surface area is 198 Å². The standard InChI is InChI=1S/C22H29N3O8S/c1-3-18(4-2)33-24(34(31,32)19-12-8-11-17(14-19)25(29)30)15-21(26)20(23-22(27)28)13-16-9-6-5-7-10-16/h5-12,14,18,20-21,23,26H,3-4,13,15H2,1-2H3,(H,27,28)/t20-,21-/m0/s1. The molecule has 1 amide bonds. The van der Waals surface area contributed by atoms with Gasteiger partial charge in [0.1, 0.15) is 0 Å². The molecule has 11 nitrogen and oxygen atoms in total. The molecule has 0 bridgehead atoms. The quantitative estimate of drug-likeness (QED) is 0.282. The number of aliphatic hydroxyl groups excluding tert-OH is 1. The average Bonchev–Trinajstić information content (AvgIpc) is 2.81. The third-order valence-corrected chi connectivity index (χ3v) is 6.80. The highest BCUT2D eigenvalue weighted by atomic mass is 32.2.